The number of carbonyl (C=O) groups is 2. The summed E-state index contributed by atoms with van der Waals surface area (Å²) in [5.41, 5.74) is 2.50. The Labute approximate surface area is 191 Å². The van der Waals surface area contributed by atoms with Crippen molar-refractivity contribution in [2.24, 2.45) is 9.98 Å². The topological polar surface area (TPSA) is 74.1 Å². The fourth-order valence-corrected chi connectivity index (χ4v) is 4.53. The fourth-order valence-electron chi connectivity index (χ4n) is 3.58. The van der Waals surface area contributed by atoms with Gasteiger partial charge in [-0.2, -0.15) is 0 Å². The van der Waals surface area contributed by atoms with Crippen molar-refractivity contribution in [3.8, 4) is 0 Å². The number of nitrogens with zero attached hydrogens (tertiary/aromatic N) is 3. The highest BCUT2D eigenvalue weighted by molar-refractivity contribution is 8.13. The van der Waals surface area contributed by atoms with E-state index in [0.717, 1.165) is 29.7 Å². The number of nitrogens with one attached hydrogen (secondary N) is 1. The second-order valence-corrected chi connectivity index (χ2v) is 8.65. The summed E-state index contributed by atoms with van der Waals surface area (Å²) in [6.45, 7) is 2.72. The van der Waals surface area contributed by atoms with E-state index in [1.54, 1.807) is 17.0 Å². The molecule has 1 atom stereocenters. The number of unbranched alkanes of at least 4 members (excludes halogenated alkanes) is 1. The number of amidine groups is 2. The number of benzene rings is 2. The van der Waals surface area contributed by atoms with Crippen LogP contribution >= 0.6 is 11.8 Å². The first-order chi connectivity index (χ1) is 15.6. The van der Waals surface area contributed by atoms with Crippen LogP contribution in [0.1, 0.15) is 43.7 Å². The van der Waals surface area contributed by atoms with Gasteiger partial charge >= 0.3 is 0 Å². The van der Waals surface area contributed by atoms with Crippen LogP contribution in [0.5, 0.6) is 0 Å². The lowest BCUT2D eigenvalue weighted by molar-refractivity contribution is -0.125. The van der Waals surface area contributed by atoms with E-state index in [1.807, 2.05) is 24.3 Å². The normalized spacial score (nSPS) is 16.9. The number of carbonyl (C=O) groups excluding carboxylic acids is 2. The molecule has 0 saturated carbocycles. The Morgan fingerprint density at radius 3 is 2.75 bits per heavy atom. The summed E-state index contributed by atoms with van der Waals surface area (Å²) < 4.78 is 13.2. The number of amides is 2. The molecule has 2 aromatic rings. The van der Waals surface area contributed by atoms with Gasteiger partial charge in [-0.05, 0) is 42.7 Å². The molecule has 2 aliphatic rings. The highest BCUT2D eigenvalue weighted by Crippen LogP contribution is 2.35. The third-order valence-electron chi connectivity index (χ3n) is 5.33. The Morgan fingerprint density at radius 2 is 1.97 bits per heavy atom. The molecule has 4 rings (SSSR count). The van der Waals surface area contributed by atoms with Crippen LogP contribution in [-0.2, 0) is 15.3 Å². The Balaban J connectivity index is 1.50. The summed E-state index contributed by atoms with van der Waals surface area (Å²) in [7, 11) is 0. The van der Waals surface area contributed by atoms with E-state index in [9.17, 15) is 14.0 Å². The molecular formula is C24H25FN4O2S. The zero-order valence-electron chi connectivity index (χ0n) is 17.9. The molecule has 0 radical (unpaired) electrons. The average Bonchev–Trinajstić information content (AvgIpc) is 3.14. The number of halogens is 1. The van der Waals surface area contributed by atoms with E-state index in [0.29, 0.717) is 29.7 Å². The monoisotopic (exact) mass is 452 g/mol. The van der Waals surface area contributed by atoms with Crippen molar-refractivity contribution >= 4 is 40.3 Å². The van der Waals surface area contributed by atoms with E-state index in [-0.39, 0.29) is 24.1 Å². The molecular weight excluding hydrogens is 427 g/mol. The summed E-state index contributed by atoms with van der Waals surface area (Å²) in [6.07, 6.45) is 2.56. The lowest BCUT2D eigenvalue weighted by Gasteiger charge is -2.25. The molecule has 0 spiro atoms. The Bertz CT molecular complexity index is 1070. The molecule has 2 amide bonds. The molecule has 2 aromatic carbocycles. The van der Waals surface area contributed by atoms with Crippen molar-refractivity contribution in [3.05, 3.63) is 65.5 Å². The minimum Gasteiger partial charge on any atom is -0.356 e. The quantitative estimate of drug-likeness (QED) is 0.603. The SMILES string of the molecule is CCCCNC(=O)CC[C@H]1N=C2c3ccccc3N=C(SCc3ccc(F)cc3)N2C1=O. The number of hydrogen-bond donors (Lipinski definition) is 1. The van der Waals surface area contributed by atoms with Gasteiger partial charge in [-0.3, -0.25) is 14.6 Å². The van der Waals surface area contributed by atoms with Gasteiger partial charge in [0.05, 0.1) is 5.69 Å². The van der Waals surface area contributed by atoms with E-state index in [1.165, 1.54) is 23.9 Å². The molecule has 2 aliphatic heterocycles. The number of aliphatic imine (C=N–C) groups is 2. The van der Waals surface area contributed by atoms with Crippen LogP contribution in [0.4, 0.5) is 10.1 Å². The molecule has 8 heteroatoms. The van der Waals surface area contributed by atoms with Crippen LogP contribution in [-0.4, -0.2) is 40.3 Å². The largest absolute Gasteiger partial charge is 0.356 e. The first-order valence-corrected chi connectivity index (χ1v) is 11.8. The molecule has 0 fully saturated rings. The third-order valence-corrected chi connectivity index (χ3v) is 6.34. The van der Waals surface area contributed by atoms with Crippen molar-refractivity contribution < 1.29 is 14.0 Å². The average molecular weight is 453 g/mol. The van der Waals surface area contributed by atoms with E-state index in [2.05, 4.69) is 17.2 Å². The summed E-state index contributed by atoms with van der Waals surface area (Å²) >= 11 is 1.41. The standard InChI is InChI=1S/C24H25FN4O2S/c1-2-3-14-26-21(30)13-12-20-23(31)29-22(27-20)18-6-4-5-7-19(18)28-24(29)32-15-16-8-10-17(25)11-9-16/h4-11,20H,2-3,12-15H2,1H3,(H,26,30)/t20-/m1/s1. The van der Waals surface area contributed by atoms with Gasteiger partial charge in [0.1, 0.15) is 17.7 Å². The van der Waals surface area contributed by atoms with Crippen LogP contribution in [0.2, 0.25) is 0 Å². The molecule has 1 N–H and O–H groups in total. The van der Waals surface area contributed by atoms with Gasteiger partial charge < -0.3 is 5.32 Å². The summed E-state index contributed by atoms with van der Waals surface area (Å²) in [5, 5.41) is 3.43. The van der Waals surface area contributed by atoms with Crippen molar-refractivity contribution in [1.82, 2.24) is 10.2 Å². The maximum Gasteiger partial charge on any atom is 0.259 e. The fraction of sp³-hybridized carbons (Fsp3) is 0.333. The van der Waals surface area contributed by atoms with Crippen LogP contribution in [0.3, 0.4) is 0 Å². The van der Waals surface area contributed by atoms with Crippen LogP contribution < -0.4 is 5.32 Å². The van der Waals surface area contributed by atoms with Crippen molar-refractivity contribution in [2.75, 3.05) is 6.54 Å². The molecule has 0 bridgehead atoms. The smallest absolute Gasteiger partial charge is 0.259 e. The second-order valence-electron chi connectivity index (χ2n) is 7.71. The number of para-hydroxylation sites is 1. The minimum atomic E-state index is -0.607. The first kappa shape index (κ1) is 22.2. The molecule has 0 aliphatic carbocycles. The number of thioether (sulfide) groups is 1. The predicted octanol–water partition coefficient (Wildman–Crippen LogP) is 4.41. The number of fused-ring (bicyclic) bond motifs is 3. The number of rotatable bonds is 8. The summed E-state index contributed by atoms with van der Waals surface area (Å²) in [6, 6.07) is 13.3. The lowest BCUT2D eigenvalue weighted by Crippen LogP contribution is -2.41. The molecule has 166 valence electrons. The van der Waals surface area contributed by atoms with Gasteiger partial charge in [-0.15, -0.1) is 0 Å². The van der Waals surface area contributed by atoms with E-state index < -0.39 is 6.04 Å². The van der Waals surface area contributed by atoms with Gasteiger partial charge in [0, 0.05) is 24.3 Å². The molecule has 6 nitrogen and oxygen atoms in total. The maximum absolute atomic E-state index is 13.2. The van der Waals surface area contributed by atoms with Crippen molar-refractivity contribution in [3.63, 3.8) is 0 Å². The zero-order chi connectivity index (χ0) is 22.5. The van der Waals surface area contributed by atoms with Gasteiger partial charge in [-0.1, -0.05) is 49.4 Å². The molecule has 2 heterocycles. The third kappa shape index (κ3) is 4.91. The van der Waals surface area contributed by atoms with Crippen LogP contribution in [0.25, 0.3) is 0 Å². The molecule has 0 unspecified atom stereocenters. The molecule has 0 saturated heterocycles. The van der Waals surface area contributed by atoms with Gasteiger partial charge in [0.2, 0.25) is 5.91 Å². The van der Waals surface area contributed by atoms with Gasteiger partial charge in [0.25, 0.3) is 5.91 Å². The van der Waals surface area contributed by atoms with Crippen LogP contribution in [0, 0.1) is 5.82 Å². The second kappa shape index (κ2) is 10.1. The van der Waals surface area contributed by atoms with Crippen molar-refractivity contribution in [1.29, 1.82) is 0 Å². The highest BCUT2D eigenvalue weighted by Gasteiger charge is 2.41. The van der Waals surface area contributed by atoms with Crippen LogP contribution in [0.15, 0.2) is 58.5 Å². The lowest BCUT2D eigenvalue weighted by atomic mass is 10.1. The Kier molecular flexibility index (Phi) is 6.99. The van der Waals surface area contributed by atoms with E-state index in [4.69, 9.17) is 4.99 Å². The summed E-state index contributed by atoms with van der Waals surface area (Å²) in [5.74, 6) is 0.618. The Hall–Kier alpha value is -3.00. The minimum absolute atomic E-state index is 0.0590. The Morgan fingerprint density at radius 1 is 1.19 bits per heavy atom. The zero-order valence-corrected chi connectivity index (χ0v) is 18.7. The van der Waals surface area contributed by atoms with Gasteiger partial charge in [-0.25, -0.2) is 14.3 Å². The maximum atomic E-state index is 13.2. The van der Waals surface area contributed by atoms with E-state index >= 15 is 0 Å². The molecule has 0 aromatic heterocycles. The predicted molar refractivity (Wildman–Crippen MR) is 126 cm³/mol. The van der Waals surface area contributed by atoms with Crippen molar-refractivity contribution in [2.45, 2.75) is 44.4 Å². The summed E-state index contributed by atoms with van der Waals surface area (Å²) in [4.78, 5) is 36.3. The first-order valence-electron chi connectivity index (χ1n) is 10.8. The molecule has 32 heavy (non-hydrogen) atoms. The highest BCUT2D eigenvalue weighted by atomic mass is 32.2. The number of hydrogen-bond acceptors (Lipinski definition) is 5. The van der Waals surface area contributed by atoms with Gasteiger partial charge in [0.15, 0.2) is 5.17 Å².